The van der Waals surface area contributed by atoms with Crippen molar-refractivity contribution in [2.45, 2.75) is 65.1 Å². The molecule has 7 rings (SSSR count). The van der Waals surface area contributed by atoms with Gasteiger partial charge < -0.3 is 24.3 Å². The average Bonchev–Trinajstić information content (AvgIpc) is 4.00. The molecule has 2 aromatic carbocycles. The van der Waals surface area contributed by atoms with Gasteiger partial charge in [0.05, 0.1) is 24.1 Å². The molecule has 2 aliphatic heterocycles. The number of anilines is 3. The van der Waals surface area contributed by atoms with Crippen molar-refractivity contribution in [3.63, 3.8) is 0 Å². The Morgan fingerprint density at radius 1 is 0.964 bits per heavy atom. The molecule has 2 saturated heterocycles. The van der Waals surface area contributed by atoms with Crippen molar-refractivity contribution in [3.8, 4) is 0 Å². The molecule has 3 fully saturated rings. The van der Waals surface area contributed by atoms with Crippen LogP contribution in [0.3, 0.4) is 0 Å². The number of morpholine rings is 1. The zero-order valence-corrected chi connectivity index (χ0v) is 31.7. The highest BCUT2D eigenvalue weighted by atomic mass is 19.1. The minimum absolute atomic E-state index is 0.00291. The van der Waals surface area contributed by atoms with Gasteiger partial charge in [-0.3, -0.25) is 28.9 Å². The second-order valence-electron chi connectivity index (χ2n) is 15.0. The Hall–Kier alpha value is -4.86. The van der Waals surface area contributed by atoms with Gasteiger partial charge in [-0.05, 0) is 82.3 Å². The van der Waals surface area contributed by atoms with Crippen molar-refractivity contribution in [3.05, 3.63) is 95.9 Å². The van der Waals surface area contributed by atoms with Crippen LogP contribution in [0.25, 0.3) is 10.9 Å². The number of aryl methyl sites for hydroxylation is 2. The summed E-state index contributed by atoms with van der Waals surface area (Å²) in [6.07, 6.45) is 4.19. The van der Waals surface area contributed by atoms with Gasteiger partial charge in [-0.25, -0.2) is 18.4 Å². The lowest BCUT2D eigenvalue weighted by atomic mass is 10.1. The van der Waals surface area contributed by atoms with E-state index in [4.69, 9.17) is 9.47 Å². The second kappa shape index (κ2) is 16.5. The summed E-state index contributed by atoms with van der Waals surface area (Å²) in [5.74, 6) is -2.13. The van der Waals surface area contributed by atoms with Gasteiger partial charge >= 0.3 is 11.7 Å². The van der Waals surface area contributed by atoms with Crippen LogP contribution in [0.5, 0.6) is 0 Å². The average molecular weight is 762 g/mol. The Bertz CT molecular complexity index is 2210. The van der Waals surface area contributed by atoms with Crippen LogP contribution in [0.15, 0.2) is 50.9 Å². The van der Waals surface area contributed by atoms with E-state index in [2.05, 4.69) is 20.1 Å². The number of halogens is 2. The predicted octanol–water partition coefficient (Wildman–Crippen LogP) is 4.30. The van der Waals surface area contributed by atoms with E-state index in [1.807, 2.05) is 39.0 Å². The van der Waals surface area contributed by atoms with Gasteiger partial charge in [-0.1, -0.05) is 6.07 Å². The molecule has 13 nitrogen and oxygen atoms in total. The quantitative estimate of drug-likeness (QED) is 0.150. The van der Waals surface area contributed by atoms with E-state index in [1.54, 1.807) is 9.47 Å². The number of esters is 1. The van der Waals surface area contributed by atoms with Crippen molar-refractivity contribution >= 4 is 34.1 Å². The summed E-state index contributed by atoms with van der Waals surface area (Å²) in [5.41, 5.74) is 0.987. The number of H-pyrrole nitrogens is 1. The zero-order chi connectivity index (χ0) is 38.8. The Balaban J connectivity index is 0.974. The number of piperazine rings is 1. The molecule has 1 atom stereocenters. The fourth-order valence-corrected chi connectivity index (χ4v) is 7.57. The first kappa shape index (κ1) is 38.4. The van der Waals surface area contributed by atoms with Gasteiger partial charge in [0.2, 0.25) is 5.43 Å². The Labute approximate surface area is 317 Å². The number of rotatable bonds is 13. The van der Waals surface area contributed by atoms with Gasteiger partial charge in [0.1, 0.15) is 29.5 Å². The summed E-state index contributed by atoms with van der Waals surface area (Å²) >= 11 is 0. The molecule has 0 spiro atoms. The number of aromatic amines is 1. The number of nitrogens with zero attached hydrogens (tertiary/aromatic N) is 5. The molecule has 0 radical (unpaired) electrons. The summed E-state index contributed by atoms with van der Waals surface area (Å²) in [7, 11) is 0. The predicted molar refractivity (Wildman–Crippen MR) is 207 cm³/mol. The van der Waals surface area contributed by atoms with Crippen LogP contribution >= 0.6 is 0 Å². The normalized spacial score (nSPS) is 18.2. The van der Waals surface area contributed by atoms with Crippen molar-refractivity contribution in [2.24, 2.45) is 0 Å². The summed E-state index contributed by atoms with van der Waals surface area (Å²) in [5, 5.41) is 2.92. The van der Waals surface area contributed by atoms with Gasteiger partial charge in [0.25, 0.3) is 5.56 Å². The third-order valence-corrected chi connectivity index (χ3v) is 11.1. The van der Waals surface area contributed by atoms with Crippen LogP contribution in [0.2, 0.25) is 0 Å². The number of ether oxygens (including phenoxy) is 2. The maximum atomic E-state index is 16.5. The first-order valence-corrected chi connectivity index (χ1v) is 19.2. The Morgan fingerprint density at radius 3 is 2.44 bits per heavy atom. The number of nitrogens with one attached hydrogen (secondary N) is 2. The maximum Gasteiger partial charge on any atom is 0.343 e. The highest BCUT2D eigenvalue weighted by Crippen LogP contribution is 2.40. The highest BCUT2D eigenvalue weighted by Gasteiger charge is 2.33. The molecule has 0 amide bonds. The smallest absolute Gasteiger partial charge is 0.343 e. The number of hydrogen-bond donors (Lipinski definition) is 2. The minimum Gasteiger partial charge on any atom is -0.461 e. The molecule has 1 saturated carbocycles. The van der Waals surface area contributed by atoms with Crippen LogP contribution in [-0.4, -0.2) is 102 Å². The lowest BCUT2D eigenvalue weighted by molar-refractivity contribution is 0.0195. The molecule has 2 N–H and O–H groups in total. The number of carbonyl (C=O) groups is 1. The molecular formula is C40H49F2N7O6. The Morgan fingerprint density at radius 2 is 1.73 bits per heavy atom. The van der Waals surface area contributed by atoms with Gasteiger partial charge in [0, 0.05) is 75.8 Å². The molecule has 4 heterocycles. The summed E-state index contributed by atoms with van der Waals surface area (Å²) in [6, 6.07) is 8.11. The van der Waals surface area contributed by atoms with E-state index in [0.29, 0.717) is 64.6 Å². The number of hydrogen-bond acceptors (Lipinski definition) is 10. The molecule has 2 aromatic heterocycles. The number of carbonyl (C=O) groups excluding carboxylic acids is 1. The SMILES string of the molecule is Cc1ccc(Nc2cc(=O)n(CCCCN3CCN(c4c(F)cc5c(=O)c(C(=O)OCCN6CCOCC6)cn(C6CC6)c5c4F)CC3C)c(=O)[nH]2)cc1C. The number of unbranched alkanes of at least 4 members (excludes halogenated alkanes) is 1. The first-order chi connectivity index (χ1) is 26.5. The van der Waals surface area contributed by atoms with E-state index >= 15 is 8.78 Å². The second-order valence-corrected chi connectivity index (χ2v) is 15.0. The zero-order valence-electron chi connectivity index (χ0n) is 31.7. The van der Waals surface area contributed by atoms with E-state index in [1.165, 1.54) is 16.8 Å². The van der Waals surface area contributed by atoms with Crippen LogP contribution in [-0.2, 0) is 16.0 Å². The van der Waals surface area contributed by atoms with Gasteiger partial charge in [0.15, 0.2) is 5.82 Å². The lowest BCUT2D eigenvalue weighted by Gasteiger charge is -2.41. The van der Waals surface area contributed by atoms with Gasteiger partial charge in [-0.2, -0.15) is 0 Å². The van der Waals surface area contributed by atoms with Crippen molar-refractivity contribution < 1.29 is 23.0 Å². The number of pyridine rings is 1. The molecule has 15 heteroatoms. The maximum absolute atomic E-state index is 16.5. The van der Waals surface area contributed by atoms with Crippen LogP contribution in [0, 0.1) is 25.5 Å². The largest absolute Gasteiger partial charge is 0.461 e. The van der Waals surface area contributed by atoms with E-state index in [-0.39, 0.29) is 52.9 Å². The monoisotopic (exact) mass is 761 g/mol. The van der Waals surface area contributed by atoms with Gasteiger partial charge in [-0.15, -0.1) is 0 Å². The molecule has 0 bridgehead atoms. The van der Waals surface area contributed by atoms with E-state index in [9.17, 15) is 19.2 Å². The summed E-state index contributed by atoms with van der Waals surface area (Å²) in [4.78, 5) is 61.0. The van der Waals surface area contributed by atoms with E-state index in [0.717, 1.165) is 48.8 Å². The molecule has 1 aliphatic carbocycles. The molecule has 3 aliphatic rings. The van der Waals surface area contributed by atoms with Crippen molar-refractivity contribution in [2.75, 3.05) is 75.9 Å². The fraction of sp³-hybridized carbons (Fsp3) is 0.500. The molecular weight excluding hydrogens is 712 g/mol. The first-order valence-electron chi connectivity index (χ1n) is 19.2. The third kappa shape index (κ3) is 8.53. The van der Waals surface area contributed by atoms with Crippen molar-refractivity contribution in [1.29, 1.82) is 0 Å². The minimum atomic E-state index is -0.853. The van der Waals surface area contributed by atoms with Crippen LogP contribution in [0.1, 0.15) is 60.1 Å². The number of benzene rings is 2. The van der Waals surface area contributed by atoms with Crippen molar-refractivity contribution in [1.82, 2.24) is 23.9 Å². The molecule has 294 valence electrons. The summed E-state index contributed by atoms with van der Waals surface area (Å²) in [6.45, 7) is 11.5. The fourth-order valence-electron chi connectivity index (χ4n) is 7.57. The van der Waals surface area contributed by atoms with Crippen LogP contribution < -0.4 is 26.9 Å². The summed E-state index contributed by atoms with van der Waals surface area (Å²) < 4.78 is 46.0. The number of aromatic nitrogens is 3. The molecule has 4 aromatic rings. The Kier molecular flexibility index (Phi) is 11.5. The highest BCUT2D eigenvalue weighted by molar-refractivity contribution is 5.95. The standard InChI is InChI=1S/C40H49F2N7O6/c1-25-6-7-28(20-26(25)2)43-33-22-34(50)48(40(53)44-33)11-5-4-10-46-12-13-47(23-27(46)3)37-32(41)21-30-36(35(37)42)49(29-8-9-29)24-31(38(30)51)39(52)55-19-16-45-14-17-54-18-15-45/h6-7,20-22,24,27,29,43H,4-5,8-19,23H2,1-3H3,(H,44,53). The van der Waals surface area contributed by atoms with E-state index < -0.39 is 28.7 Å². The number of fused-ring (bicyclic) bond motifs is 1. The third-order valence-electron chi connectivity index (χ3n) is 11.1. The molecule has 55 heavy (non-hydrogen) atoms. The lowest BCUT2D eigenvalue weighted by Crippen LogP contribution is -2.52. The molecule has 1 unspecified atom stereocenters. The van der Waals surface area contributed by atoms with Crippen LogP contribution in [0.4, 0.5) is 26.0 Å². The topological polar surface area (TPSA) is 134 Å².